The van der Waals surface area contributed by atoms with Gasteiger partial charge in [-0.3, -0.25) is 9.71 Å². The van der Waals surface area contributed by atoms with Crippen molar-refractivity contribution in [2.75, 3.05) is 4.72 Å². The van der Waals surface area contributed by atoms with Crippen molar-refractivity contribution in [3.63, 3.8) is 0 Å². The molecule has 4 aromatic rings. The number of aromatic nitrogens is 1. The minimum atomic E-state index is -3.76. The van der Waals surface area contributed by atoms with Crippen LogP contribution in [0, 0.1) is 0 Å². The summed E-state index contributed by atoms with van der Waals surface area (Å²) in [4.78, 5) is 20.2. The number of fused-ring (bicyclic) bond motifs is 1. The average molecular weight is 427 g/mol. The van der Waals surface area contributed by atoms with Crippen LogP contribution in [-0.2, 0) is 10.0 Å². The Morgan fingerprint density at radius 2 is 1.90 bits per heavy atom. The zero-order valence-electron chi connectivity index (χ0n) is 14.6. The van der Waals surface area contributed by atoms with Crippen molar-refractivity contribution in [1.29, 1.82) is 0 Å². The number of aliphatic imine (C=N–C) groups is 1. The Balaban J connectivity index is 1.60. The molecule has 2 aromatic carbocycles. The number of aromatic hydroxyl groups is 1. The van der Waals surface area contributed by atoms with Gasteiger partial charge in [0.2, 0.25) is 0 Å². The fourth-order valence-corrected chi connectivity index (χ4v) is 4.35. The van der Waals surface area contributed by atoms with E-state index in [9.17, 15) is 18.3 Å². The molecule has 2 aromatic heterocycles. The monoisotopic (exact) mass is 427 g/mol. The van der Waals surface area contributed by atoms with Crippen molar-refractivity contribution in [3.8, 4) is 5.75 Å². The highest BCUT2D eigenvalue weighted by Crippen LogP contribution is 2.26. The molecule has 0 spiro atoms. The van der Waals surface area contributed by atoms with E-state index in [1.54, 1.807) is 29.6 Å². The molecule has 0 aliphatic carbocycles. The molecule has 0 bridgehead atoms. The summed E-state index contributed by atoms with van der Waals surface area (Å²) in [5, 5.41) is 12.7. The molecular weight excluding hydrogens is 414 g/mol. The van der Waals surface area contributed by atoms with Gasteiger partial charge in [0.15, 0.2) is 5.13 Å². The van der Waals surface area contributed by atoms with Gasteiger partial charge in [-0.15, -0.1) is 11.3 Å². The second-order valence-electron chi connectivity index (χ2n) is 5.84. The molecule has 0 aliphatic rings. The fourth-order valence-electron chi connectivity index (χ4n) is 2.56. The lowest BCUT2D eigenvalue weighted by molar-refractivity contribution is 0.466. The van der Waals surface area contributed by atoms with Gasteiger partial charge in [0, 0.05) is 17.8 Å². The van der Waals surface area contributed by atoms with E-state index in [1.807, 2.05) is 0 Å². The Bertz CT molecular complexity index is 1360. The van der Waals surface area contributed by atoms with Gasteiger partial charge in [0.1, 0.15) is 16.9 Å². The highest BCUT2D eigenvalue weighted by atomic mass is 32.2. The fraction of sp³-hybridized carbons (Fsp3) is 0. The Hall–Kier alpha value is -3.50. The second-order valence-corrected chi connectivity index (χ2v) is 8.42. The van der Waals surface area contributed by atoms with E-state index in [2.05, 4.69) is 14.7 Å². The van der Waals surface area contributed by atoms with Crippen LogP contribution < -0.4 is 10.3 Å². The molecule has 0 aliphatic heterocycles. The maximum absolute atomic E-state index is 12.3. The largest absolute Gasteiger partial charge is 0.506 e. The average Bonchev–Trinajstić information content (AvgIpc) is 3.20. The number of rotatable bonds is 5. The summed E-state index contributed by atoms with van der Waals surface area (Å²) in [6.07, 6.45) is 2.68. The van der Waals surface area contributed by atoms with Gasteiger partial charge < -0.3 is 9.52 Å². The van der Waals surface area contributed by atoms with Crippen LogP contribution in [0.2, 0.25) is 0 Å². The lowest BCUT2D eigenvalue weighted by Crippen LogP contribution is -2.12. The normalized spacial score (nSPS) is 11.9. The molecule has 10 heteroatoms. The Kier molecular flexibility index (Phi) is 4.87. The SMILES string of the molecule is O=c1oc2ccccc2c(O)c1C=Nc1ccc(S(=O)(=O)Nc2nccs2)cc1. The van der Waals surface area contributed by atoms with E-state index in [-0.39, 0.29) is 26.9 Å². The van der Waals surface area contributed by atoms with E-state index < -0.39 is 15.6 Å². The summed E-state index contributed by atoms with van der Waals surface area (Å²) in [6.45, 7) is 0. The lowest BCUT2D eigenvalue weighted by atomic mass is 10.1. The standard InChI is InChI=1S/C19H13N3O5S2/c23-17-14-3-1-2-4-16(14)27-18(24)15(17)11-21-12-5-7-13(8-6-12)29(25,26)22-19-20-9-10-28-19/h1-11,23H,(H,20,22). The van der Waals surface area contributed by atoms with Crippen molar-refractivity contribution < 1.29 is 17.9 Å². The summed E-state index contributed by atoms with van der Waals surface area (Å²) in [5.74, 6) is -0.229. The van der Waals surface area contributed by atoms with Gasteiger partial charge >= 0.3 is 5.63 Å². The molecule has 2 heterocycles. The van der Waals surface area contributed by atoms with Gasteiger partial charge in [-0.05, 0) is 36.4 Å². The smallest absolute Gasteiger partial charge is 0.348 e. The van der Waals surface area contributed by atoms with Crippen LogP contribution in [0.3, 0.4) is 0 Å². The van der Waals surface area contributed by atoms with Crippen LogP contribution in [0.25, 0.3) is 11.0 Å². The topological polar surface area (TPSA) is 122 Å². The maximum Gasteiger partial charge on any atom is 0.348 e. The van der Waals surface area contributed by atoms with Crippen molar-refractivity contribution in [2.24, 2.45) is 4.99 Å². The highest BCUT2D eigenvalue weighted by Gasteiger charge is 2.15. The third kappa shape index (κ3) is 3.89. The summed E-state index contributed by atoms with van der Waals surface area (Å²) in [7, 11) is -3.76. The van der Waals surface area contributed by atoms with E-state index in [0.717, 1.165) is 0 Å². The van der Waals surface area contributed by atoms with E-state index >= 15 is 0 Å². The van der Waals surface area contributed by atoms with Gasteiger partial charge in [-0.2, -0.15) is 0 Å². The first-order chi connectivity index (χ1) is 13.9. The van der Waals surface area contributed by atoms with E-state index in [0.29, 0.717) is 11.1 Å². The predicted molar refractivity (Wildman–Crippen MR) is 111 cm³/mol. The van der Waals surface area contributed by atoms with Crippen LogP contribution in [0.15, 0.2) is 79.2 Å². The minimum Gasteiger partial charge on any atom is -0.506 e. The van der Waals surface area contributed by atoms with E-state index in [1.165, 1.54) is 48.0 Å². The lowest BCUT2D eigenvalue weighted by Gasteiger charge is -2.05. The highest BCUT2D eigenvalue weighted by molar-refractivity contribution is 7.93. The second kappa shape index (κ2) is 7.49. The van der Waals surface area contributed by atoms with Crippen LogP contribution >= 0.6 is 11.3 Å². The van der Waals surface area contributed by atoms with Crippen molar-refractivity contribution in [2.45, 2.75) is 4.90 Å². The Morgan fingerprint density at radius 3 is 2.62 bits per heavy atom. The summed E-state index contributed by atoms with van der Waals surface area (Å²) >= 11 is 1.17. The van der Waals surface area contributed by atoms with Gasteiger partial charge in [-0.1, -0.05) is 12.1 Å². The molecule has 0 amide bonds. The first-order valence-corrected chi connectivity index (χ1v) is 10.6. The van der Waals surface area contributed by atoms with Gasteiger partial charge in [0.25, 0.3) is 10.0 Å². The molecular formula is C19H13N3O5S2. The molecule has 8 nitrogen and oxygen atoms in total. The van der Waals surface area contributed by atoms with Crippen molar-refractivity contribution in [3.05, 3.63) is 76.1 Å². The Labute approximate surface area is 168 Å². The number of nitrogens with one attached hydrogen (secondary N) is 1. The Morgan fingerprint density at radius 1 is 1.14 bits per heavy atom. The molecule has 0 atom stereocenters. The predicted octanol–water partition coefficient (Wildman–Crippen LogP) is 3.51. The summed E-state index contributed by atoms with van der Waals surface area (Å²) in [5.41, 5.74) is -0.151. The molecule has 0 fully saturated rings. The zero-order chi connectivity index (χ0) is 20.4. The summed E-state index contributed by atoms with van der Waals surface area (Å²) in [6, 6.07) is 12.3. The molecule has 2 N–H and O–H groups in total. The number of sulfonamides is 1. The molecule has 146 valence electrons. The maximum atomic E-state index is 12.3. The molecule has 0 saturated heterocycles. The number of nitrogens with zero attached hydrogens (tertiary/aromatic N) is 2. The van der Waals surface area contributed by atoms with Gasteiger partial charge in [0.05, 0.1) is 16.0 Å². The number of hydrogen-bond acceptors (Lipinski definition) is 8. The van der Waals surface area contributed by atoms with Crippen LogP contribution in [0.5, 0.6) is 5.75 Å². The number of anilines is 1. The van der Waals surface area contributed by atoms with Gasteiger partial charge in [-0.25, -0.2) is 18.2 Å². The zero-order valence-corrected chi connectivity index (χ0v) is 16.3. The quantitative estimate of drug-likeness (QED) is 0.371. The third-order valence-corrected chi connectivity index (χ3v) is 6.14. The minimum absolute atomic E-state index is 0.0414. The van der Waals surface area contributed by atoms with Crippen LogP contribution in [0.4, 0.5) is 10.8 Å². The first-order valence-electron chi connectivity index (χ1n) is 8.25. The molecule has 0 radical (unpaired) electrons. The van der Waals surface area contributed by atoms with Crippen LogP contribution in [0.1, 0.15) is 5.56 Å². The summed E-state index contributed by atoms with van der Waals surface area (Å²) < 4.78 is 32.2. The number of thiazole rings is 1. The first kappa shape index (κ1) is 18.8. The van der Waals surface area contributed by atoms with E-state index in [4.69, 9.17) is 4.42 Å². The van der Waals surface area contributed by atoms with Crippen LogP contribution in [-0.4, -0.2) is 24.7 Å². The number of hydrogen-bond donors (Lipinski definition) is 2. The third-order valence-electron chi connectivity index (χ3n) is 3.96. The molecule has 4 rings (SSSR count). The van der Waals surface area contributed by atoms with Crippen molar-refractivity contribution in [1.82, 2.24) is 4.98 Å². The van der Waals surface area contributed by atoms with Crippen molar-refractivity contribution >= 4 is 49.4 Å². The number of para-hydroxylation sites is 1. The number of benzene rings is 2. The molecule has 0 unspecified atom stereocenters. The molecule has 0 saturated carbocycles. The molecule has 29 heavy (non-hydrogen) atoms.